The first kappa shape index (κ1) is 14.6. The largest absolute Gasteiger partial charge is 0.483 e. The lowest BCUT2D eigenvalue weighted by Crippen LogP contribution is -2.41. The van der Waals surface area contributed by atoms with Crippen molar-refractivity contribution in [3.05, 3.63) is 28.8 Å². The van der Waals surface area contributed by atoms with Crippen molar-refractivity contribution in [2.24, 2.45) is 0 Å². The van der Waals surface area contributed by atoms with Gasteiger partial charge in [-0.3, -0.25) is 9.59 Å². The van der Waals surface area contributed by atoms with Gasteiger partial charge in [0.25, 0.3) is 5.91 Å². The Kier molecular flexibility index (Phi) is 4.42. The fourth-order valence-corrected chi connectivity index (χ4v) is 2.38. The van der Waals surface area contributed by atoms with E-state index in [1.807, 2.05) is 26.8 Å². The number of ether oxygens (including phenoxy) is 1. The standard InChI is InChI=1S/C16H21NO3/c1-11-4-5-12(2)16(13(11)3)20-10-15(19)17-8-6-14(18)7-9-17/h4-5H,6-10H2,1-3H3. The third-order valence-electron chi connectivity index (χ3n) is 3.89. The summed E-state index contributed by atoms with van der Waals surface area (Å²) in [6, 6.07) is 4.05. The molecule has 4 nitrogen and oxygen atoms in total. The number of rotatable bonds is 3. The average Bonchev–Trinajstić information content (AvgIpc) is 2.43. The highest BCUT2D eigenvalue weighted by Gasteiger charge is 2.21. The molecule has 4 heteroatoms. The summed E-state index contributed by atoms with van der Waals surface area (Å²) < 4.78 is 5.71. The third kappa shape index (κ3) is 3.18. The van der Waals surface area contributed by atoms with Gasteiger partial charge in [0.2, 0.25) is 0 Å². The van der Waals surface area contributed by atoms with E-state index in [0.29, 0.717) is 25.9 Å². The SMILES string of the molecule is Cc1ccc(C)c(OCC(=O)N2CCC(=O)CC2)c1C. The van der Waals surface area contributed by atoms with Crippen LogP contribution in [0.2, 0.25) is 0 Å². The molecule has 2 rings (SSSR count). The number of carbonyl (C=O) groups excluding carboxylic acids is 2. The third-order valence-corrected chi connectivity index (χ3v) is 3.89. The van der Waals surface area contributed by atoms with Gasteiger partial charge in [-0.25, -0.2) is 0 Å². The van der Waals surface area contributed by atoms with Crippen molar-refractivity contribution in [1.29, 1.82) is 0 Å². The minimum atomic E-state index is -0.0437. The van der Waals surface area contributed by atoms with Crippen molar-refractivity contribution in [3.63, 3.8) is 0 Å². The highest BCUT2D eigenvalue weighted by Crippen LogP contribution is 2.25. The Morgan fingerprint density at radius 1 is 1.15 bits per heavy atom. The van der Waals surface area contributed by atoms with Gasteiger partial charge in [0.05, 0.1) is 0 Å². The van der Waals surface area contributed by atoms with E-state index in [1.165, 1.54) is 0 Å². The Hall–Kier alpha value is -1.84. The van der Waals surface area contributed by atoms with Crippen LogP contribution in [0.3, 0.4) is 0 Å². The molecule has 0 aromatic heterocycles. The summed E-state index contributed by atoms with van der Waals surface area (Å²) in [5.41, 5.74) is 3.27. The summed E-state index contributed by atoms with van der Waals surface area (Å²) >= 11 is 0. The van der Waals surface area contributed by atoms with Gasteiger partial charge in [-0.15, -0.1) is 0 Å². The second-order valence-electron chi connectivity index (χ2n) is 5.36. The molecule has 1 amide bonds. The van der Waals surface area contributed by atoms with Crippen LogP contribution in [0.1, 0.15) is 29.5 Å². The Bertz CT molecular complexity index is 527. The van der Waals surface area contributed by atoms with Gasteiger partial charge in [-0.2, -0.15) is 0 Å². The van der Waals surface area contributed by atoms with Crippen LogP contribution in [0.25, 0.3) is 0 Å². The van der Waals surface area contributed by atoms with Crippen molar-refractivity contribution < 1.29 is 14.3 Å². The predicted octanol–water partition coefficient (Wildman–Crippen LogP) is 2.18. The van der Waals surface area contributed by atoms with Crippen molar-refractivity contribution in [1.82, 2.24) is 4.90 Å². The van der Waals surface area contributed by atoms with Crippen LogP contribution in [0, 0.1) is 20.8 Å². The molecule has 1 aromatic carbocycles. The number of carbonyl (C=O) groups is 2. The Morgan fingerprint density at radius 3 is 2.40 bits per heavy atom. The quantitative estimate of drug-likeness (QED) is 0.849. The van der Waals surface area contributed by atoms with Gasteiger partial charge < -0.3 is 9.64 Å². The molecule has 0 N–H and O–H groups in total. The summed E-state index contributed by atoms with van der Waals surface area (Å²) in [4.78, 5) is 25.0. The van der Waals surface area contributed by atoms with Crippen LogP contribution >= 0.6 is 0 Å². The molecule has 0 bridgehead atoms. The lowest BCUT2D eigenvalue weighted by atomic mass is 10.1. The lowest BCUT2D eigenvalue weighted by Gasteiger charge is -2.26. The molecular formula is C16H21NO3. The maximum absolute atomic E-state index is 12.1. The lowest BCUT2D eigenvalue weighted by molar-refractivity contribution is -0.136. The topological polar surface area (TPSA) is 46.6 Å². The molecule has 0 saturated carbocycles. The molecule has 1 fully saturated rings. The van der Waals surface area contributed by atoms with Crippen LogP contribution < -0.4 is 4.74 Å². The van der Waals surface area contributed by atoms with Crippen LogP contribution in [0.4, 0.5) is 0 Å². The molecular weight excluding hydrogens is 254 g/mol. The summed E-state index contributed by atoms with van der Waals surface area (Å²) in [5, 5.41) is 0. The minimum absolute atomic E-state index is 0.0410. The first-order chi connectivity index (χ1) is 9.49. The maximum atomic E-state index is 12.1. The first-order valence-corrected chi connectivity index (χ1v) is 6.98. The molecule has 1 aliphatic rings. The number of Topliss-reactive ketones (excluding diaryl/α,β-unsaturated/α-hetero) is 1. The molecule has 1 aliphatic heterocycles. The normalized spacial score (nSPS) is 15.3. The molecule has 0 radical (unpaired) electrons. The molecule has 0 unspecified atom stereocenters. The zero-order chi connectivity index (χ0) is 14.7. The zero-order valence-electron chi connectivity index (χ0n) is 12.4. The van der Waals surface area contributed by atoms with Gasteiger partial charge in [0.15, 0.2) is 6.61 Å². The number of nitrogens with zero attached hydrogens (tertiary/aromatic N) is 1. The van der Waals surface area contributed by atoms with Crippen LogP contribution in [0.15, 0.2) is 12.1 Å². The number of aryl methyl sites for hydroxylation is 2. The number of hydrogen-bond acceptors (Lipinski definition) is 3. The molecule has 108 valence electrons. The van der Waals surface area contributed by atoms with Gasteiger partial charge in [-0.05, 0) is 37.5 Å². The number of piperidine rings is 1. The fourth-order valence-electron chi connectivity index (χ4n) is 2.38. The van der Waals surface area contributed by atoms with Gasteiger partial charge >= 0.3 is 0 Å². The number of benzene rings is 1. The van der Waals surface area contributed by atoms with E-state index >= 15 is 0 Å². The van der Waals surface area contributed by atoms with Crippen molar-refractivity contribution in [2.45, 2.75) is 33.6 Å². The molecule has 1 saturated heterocycles. The van der Waals surface area contributed by atoms with Crippen molar-refractivity contribution in [3.8, 4) is 5.75 Å². The van der Waals surface area contributed by atoms with Crippen LogP contribution in [-0.2, 0) is 9.59 Å². The molecule has 0 aliphatic carbocycles. The number of hydrogen-bond donors (Lipinski definition) is 0. The minimum Gasteiger partial charge on any atom is -0.483 e. The van der Waals surface area contributed by atoms with Crippen molar-refractivity contribution in [2.75, 3.05) is 19.7 Å². The Balaban J connectivity index is 1.97. The molecule has 1 heterocycles. The number of amides is 1. The van der Waals surface area contributed by atoms with Crippen molar-refractivity contribution >= 4 is 11.7 Å². The second-order valence-corrected chi connectivity index (χ2v) is 5.36. The number of likely N-dealkylation sites (tertiary alicyclic amines) is 1. The molecule has 1 aromatic rings. The van der Waals surface area contributed by atoms with E-state index < -0.39 is 0 Å². The van der Waals surface area contributed by atoms with E-state index in [1.54, 1.807) is 4.90 Å². The van der Waals surface area contributed by atoms with E-state index in [0.717, 1.165) is 22.4 Å². The molecule has 20 heavy (non-hydrogen) atoms. The predicted molar refractivity (Wildman–Crippen MR) is 77.0 cm³/mol. The zero-order valence-corrected chi connectivity index (χ0v) is 12.4. The summed E-state index contributed by atoms with van der Waals surface area (Å²) in [5.74, 6) is 0.990. The summed E-state index contributed by atoms with van der Waals surface area (Å²) in [6.45, 7) is 7.09. The maximum Gasteiger partial charge on any atom is 0.260 e. The van der Waals surface area contributed by atoms with Gasteiger partial charge in [-0.1, -0.05) is 12.1 Å². The Morgan fingerprint density at radius 2 is 1.75 bits per heavy atom. The smallest absolute Gasteiger partial charge is 0.260 e. The van der Waals surface area contributed by atoms with Crippen LogP contribution in [-0.4, -0.2) is 36.3 Å². The van der Waals surface area contributed by atoms with E-state index in [-0.39, 0.29) is 18.3 Å². The fraction of sp³-hybridized carbons (Fsp3) is 0.500. The Labute approximate surface area is 119 Å². The van der Waals surface area contributed by atoms with Gasteiger partial charge in [0, 0.05) is 25.9 Å². The summed E-state index contributed by atoms with van der Waals surface area (Å²) in [7, 11) is 0. The van der Waals surface area contributed by atoms with E-state index in [4.69, 9.17) is 4.74 Å². The first-order valence-electron chi connectivity index (χ1n) is 6.98. The highest BCUT2D eigenvalue weighted by molar-refractivity contribution is 5.84. The van der Waals surface area contributed by atoms with Gasteiger partial charge in [0.1, 0.15) is 11.5 Å². The van der Waals surface area contributed by atoms with E-state index in [9.17, 15) is 9.59 Å². The average molecular weight is 275 g/mol. The summed E-state index contributed by atoms with van der Waals surface area (Å²) in [6.07, 6.45) is 0.933. The van der Waals surface area contributed by atoms with Crippen LogP contribution in [0.5, 0.6) is 5.75 Å². The second kappa shape index (κ2) is 6.07. The number of ketones is 1. The highest BCUT2D eigenvalue weighted by atomic mass is 16.5. The van der Waals surface area contributed by atoms with E-state index in [2.05, 4.69) is 6.07 Å². The molecule has 0 atom stereocenters. The molecule has 0 spiro atoms. The monoisotopic (exact) mass is 275 g/mol.